The monoisotopic (exact) mass is 464 g/mol. The molecule has 1 heterocycles. The summed E-state index contributed by atoms with van der Waals surface area (Å²) in [6, 6.07) is 2.82. The van der Waals surface area contributed by atoms with Crippen molar-refractivity contribution in [2.24, 2.45) is 17.6 Å². The molecule has 1 aromatic rings. The summed E-state index contributed by atoms with van der Waals surface area (Å²) >= 11 is 0. The second-order valence-corrected chi connectivity index (χ2v) is 9.16. The van der Waals surface area contributed by atoms with E-state index in [0.717, 1.165) is 38.2 Å². The first-order valence-corrected chi connectivity index (χ1v) is 11.5. The zero-order valence-electron chi connectivity index (χ0n) is 18.5. The van der Waals surface area contributed by atoms with Gasteiger partial charge in [-0.1, -0.05) is 6.42 Å². The fourth-order valence-electron chi connectivity index (χ4n) is 4.44. The normalized spacial score (nSPS) is 20.1. The van der Waals surface area contributed by atoms with E-state index in [1.54, 1.807) is 0 Å². The Hall–Kier alpha value is -2.59. The van der Waals surface area contributed by atoms with Crippen LogP contribution in [0.2, 0.25) is 0 Å². The molecule has 2 aliphatic carbocycles. The number of nitrogens with zero attached hydrogens (tertiary/aromatic N) is 2. The minimum atomic E-state index is -2.86. The van der Waals surface area contributed by atoms with Crippen LogP contribution >= 0.6 is 0 Å². The summed E-state index contributed by atoms with van der Waals surface area (Å²) in [5.41, 5.74) is 5.46. The molecule has 180 valence electrons. The van der Waals surface area contributed by atoms with Crippen molar-refractivity contribution >= 4 is 29.1 Å². The maximum atomic E-state index is 13.8. The standard InChI is InChI=1S/C23H30F2N4O4/c24-21(25)17-10-16(6-7-18(17)29-8-9-33-13-19(29)30)27-23(32)20(22(26)31)28(12-15-4-5-15)11-14-2-1-3-14/h6-7,10,14-15,20-21H,1-5,8-9,11-13H2,(H2,26,31)(H,27,32)/t20-/m1/s1. The lowest BCUT2D eigenvalue weighted by Gasteiger charge is -2.35. The number of anilines is 2. The van der Waals surface area contributed by atoms with Gasteiger partial charge in [-0.2, -0.15) is 0 Å². The fraction of sp³-hybridized carbons (Fsp3) is 0.609. The molecule has 3 amide bonds. The summed E-state index contributed by atoms with van der Waals surface area (Å²) in [5.74, 6) is -0.889. The largest absolute Gasteiger partial charge is 0.370 e. The summed E-state index contributed by atoms with van der Waals surface area (Å²) in [5, 5.41) is 2.60. The summed E-state index contributed by atoms with van der Waals surface area (Å²) in [7, 11) is 0. The Labute approximate surface area is 191 Å². The number of benzene rings is 1. The van der Waals surface area contributed by atoms with E-state index in [4.69, 9.17) is 10.5 Å². The lowest BCUT2D eigenvalue weighted by Crippen LogP contribution is -2.54. The third-order valence-corrected chi connectivity index (χ3v) is 6.60. The van der Waals surface area contributed by atoms with Crippen LogP contribution in [0.4, 0.5) is 20.2 Å². The Morgan fingerprint density at radius 1 is 1.18 bits per heavy atom. The van der Waals surface area contributed by atoms with Gasteiger partial charge in [-0.3, -0.25) is 19.3 Å². The number of hydrogen-bond donors (Lipinski definition) is 2. The van der Waals surface area contributed by atoms with Gasteiger partial charge >= 0.3 is 0 Å². The number of hydrogen-bond acceptors (Lipinski definition) is 5. The predicted molar refractivity (Wildman–Crippen MR) is 118 cm³/mol. The van der Waals surface area contributed by atoms with E-state index >= 15 is 0 Å². The van der Waals surface area contributed by atoms with Gasteiger partial charge < -0.3 is 20.7 Å². The highest BCUT2D eigenvalue weighted by Crippen LogP contribution is 2.35. The molecule has 2 saturated carbocycles. The number of carbonyl (C=O) groups is 3. The zero-order chi connectivity index (χ0) is 23.5. The van der Waals surface area contributed by atoms with Crippen LogP contribution < -0.4 is 16.0 Å². The van der Waals surface area contributed by atoms with Gasteiger partial charge in [-0.05, 0) is 55.7 Å². The Morgan fingerprint density at radius 2 is 1.88 bits per heavy atom. The van der Waals surface area contributed by atoms with Gasteiger partial charge in [0.25, 0.3) is 18.2 Å². The molecule has 0 unspecified atom stereocenters. The quantitative estimate of drug-likeness (QED) is 0.517. The first-order chi connectivity index (χ1) is 15.8. The topological polar surface area (TPSA) is 105 Å². The maximum absolute atomic E-state index is 13.8. The SMILES string of the molecule is NC(=O)[C@H](C(=O)Nc1ccc(N2CCOCC2=O)c(C(F)F)c1)N(CC1CCC1)CC1CC1. The third kappa shape index (κ3) is 5.67. The van der Waals surface area contributed by atoms with Gasteiger partial charge in [-0.25, -0.2) is 8.78 Å². The number of ether oxygens (including phenoxy) is 1. The maximum Gasteiger partial charge on any atom is 0.265 e. The Bertz CT molecular complexity index is 904. The van der Waals surface area contributed by atoms with Gasteiger partial charge in [0.15, 0.2) is 6.04 Å². The summed E-state index contributed by atoms with van der Waals surface area (Å²) in [6.07, 6.45) is 2.54. The van der Waals surface area contributed by atoms with Gasteiger partial charge in [0, 0.05) is 30.9 Å². The number of morpholine rings is 1. The van der Waals surface area contributed by atoms with Crippen LogP contribution in [-0.2, 0) is 19.1 Å². The minimum Gasteiger partial charge on any atom is -0.370 e. The van der Waals surface area contributed by atoms with Crippen LogP contribution in [0.25, 0.3) is 0 Å². The Kier molecular flexibility index (Phi) is 7.23. The molecule has 10 heteroatoms. The lowest BCUT2D eigenvalue weighted by molar-refractivity contribution is -0.133. The molecule has 0 aromatic heterocycles. The molecule has 8 nitrogen and oxygen atoms in total. The fourth-order valence-corrected chi connectivity index (χ4v) is 4.44. The second kappa shape index (κ2) is 10.1. The van der Waals surface area contributed by atoms with Crippen LogP contribution in [0.5, 0.6) is 0 Å². The molecule has 3 aliphatic rings. The van der Waals surface area contributed by atoms with Crippen molar-refractivity contribution in [1.82, 2.24) is 4.90 Å². The highest BCUT2D eigenvalue weighted by molar-refractivity contribution is 6.09. The van der Waals surface area contributed by atoms with E-state index in [2.05, 4.69) is 5.32 Å². The summed E-state index contributed by atoms with van der Waals surface area (Å²) in [4.78, 5) is 40.6. The van der Waals surface area contributed by atoms with Crippen molar-refractivity contribution in [3.63, 3.8) is 0 Å². The second-order valence-electron chi connectivity index (χ2n) is 9.16. The molecule has 0 radical (unpaired) electrons. The molecular weight excluding hydrogens is 434 g/mol. The number of amides is 3. The van der Waals surface area contributed by atoms with Crippen molar-refractivity contribution in [2.45, 2.75) is 44.6 Å². The molecular formula is C23H30F2N4O4. The molecule has 1 aliphatic heterocycles. The molecule has 1 aromatic carbocycles. The molecule has 3 fully saturated rings. The predicted octanol–water partition coefficient (Wildman–Crippen LogP) is 2.29. The lowest BCUT2D eigenvalue weighted by atomic mass is 9.84. The number of nitrogens with one attached hydrogen (secondary N) is 1. The van der Waals surface area contributed by atoms with E-state index in [0.29, 0.717) is 24.9 Å². The molecule has 4 rings (SSSR count). The number of nitrogens with two attached hydrogens (primary N) is 1. The van der Waals surface area contributed by atoms with E-state index in [1.165, 1.54) is 17.0 Å². The van der Waals surface area contributed by atoms with Gasteiger partial charge in [0.1, 0.15) is 6.61 Å². The number of carbonyl (C=O) groups excluding carboxylic acids is 3. The van der Waals surface area contributed by atoms with Gasteiger partial charge in [0.05, 0.1) is 12.3 Å². The number of rotatable bonds is 10. The van der Waals surface area contributed by atoms with Gasteiger partial charge in [-0.15, -0.1) is 0 Å². The molecule has 3 N–H and O–H groups in total. The molecule has 1 atom stereocenters. The Balaban J connectivity index is 1.52. The van der Waals surface area contributed by atoms with Crippen LogP contribution in [0.1, 0.15) is 44.1 Å². The summed E-state index contributed by atoms with van der Waals surface area (Å²) < 4.78 is 32.7. The van der Waals surface area contributed by atoms with Crippen molar-refractivity contribution in [3.8, 4) is 0 Å². The van der Waals surface area contributed by atoms with Crippen molar-refractivity contribution in [2.75, 3.05) is 43.1 Å². The highest BCUT2D eigenvalue weighted by atomic mass is 19.3. The van der Waals surface area contributed by atoms with E-state index in [-0.39, 0.29) is 36.7 Å². The van der Waals surface area contributed by atoms with Crippen LogP contribution in [0.15, 0.2) is 18.2 Å². The molecule has 1 saturated heterocycles. The Morgan fingerprint density at radius 3 is 2.42 bits per heavy atom. The first-order valence-electron chi connectivity index (χ1n) is 11.5. The number of halogens is 2. The smallest absolute Gasteiger partial charge is 0.265 e. The van der Waals surface area contributed by atoms with Gasteiger partial charge in [0.2, 0.25) is 5.91 Å². The van der Waals surface area contributed by atoms with Crippen LogP contribution in [0, 0.1) is 11.8 Å². The number of primary amides is 1. The average molecular weight is 465 g/mol. The zero-order valence-corrected chi connectivity index (χ0v) is 18.5. The third-order valence-electron chi connectivity index (χ3n) is 6.60. The van der Waals surface area contributed by atoms with E-state index < -0.39 is 30.2 Å². The minimum absolute atomic E-state index is 0.0862. The molecule has 33 heavy (non-hydrogen) atoms. The van der Waals surface area contributed by atoms with Crippen LogP contribution in [0.3, 0.4) is 0 Å². The molecule has 0 spiro atoms. The van der Waals surface area contributed by atoms with E-state index in [1.807, 2.05) is 4.90 Å². The van der Waals surface area contributed by atoms with Crippen molar-refractivity contribution in [3.05, 3.63) is 23.8 Å². The average Bonchev–Trinajstić information content (AvgIpc) is 3.55. The van der Waals surface area contributed by atoms with Crippen molar-refractivity contribution in [1.29, 1.82) is 0 Å². The summed E-state index contributed by atoms with van der Waals surface area (Å²) in [6.45, 7) is 1.51. The van der Waals surface area contributed by atoms with Crippen molar-refractivity contribution < 1.29 is 27.9 Å². The first kappa shape index (κ1) is 23.6. The van der Waals surface area contributed by atoms with Crippen LogP contribution in [-0.4, -0.2) is 61.5 Å². The molecule has 0 bridgehead atoms. The highest BCUT2D eigenvalue weighted by Gasteiger charge is 2.37. The number of alkyl halides is 2. The van der Waals surface area contributed by atoms with E-state index in [9.17, 15) is 23.2 Å².